The van der Waals surface area contributed by atoms with Gasteiger partial charge < -0.3 is 10.0 Å². The summed E-state index contributed by atoms with van der Waals surface area (Å²) in [6, 6.07) is 0. The van der Waals surface area contributed by atoms with Crippen molar-refractivity contribution >= 4 is 5.91 Å². The molecule has 0 bridgehead atoms. The standard InChI is InChI=1S/C15H27NO2/c1-15(2)10-13(17)7-8-16(11-15)14(18)9-12-5-3-4-6-12/h12-13,17H,3-11H2,1-2H3. The van der Waals surface area contributed by atoms with E-state index in [2.05, 4.69) is 13.8 Å². The number of hydrogen-bond acceptors (Lipinski definition) is 2. The second-order valence-corrected chi connectivity index (χ2v) is 6.98. The van der Waals surface area contributed by atoms with E-state index in [9.17, 15) is 9.90 Å². The molecule has 2 fully saturated rings. The fourth-order valence-corrected chi connectivity index (χ4v) is 3.51. The molecule has 1 saturated carbocycles. The summed E-state index contributed by atoms with van der Waals surface area (Å²) < 4.78 is 0. The molecule has 3 nitrogen and oxygen atoms in total. The molecule has 0 radical (unpaired) electrons. The van der Waals surface area contributed by atoms with E-state index in [4.69, 9.17) is 0 Å². The number of hydrogen-bond donors (Lipinski definition) is 1. The summed E-state index contributed by atoms with van der Waals surface area (Å²) in [4.78, 5) is 14.3. The van der Waals surface area contributed by atoms with Crippen LogP contribution in [-0.4, -0.2) is 35.1 Å². The Morgan fingerprint density at radius 3 is 2.61 bits per heavy atom. The van der Waals surface area contributed by atoms with Gasteiger partial charge in [0.15, 0.2) is 0 Å². The van der Waals surface area contributed by atoms with Crippen molar-refractivity contribution in [1.82, 2.24) is 4.90 Å². The minimum absolute atomic E-state index is 0.0429. The second kappa shape index (κ2) is 5.60. The molecular formula is C15H27NO2. The van der Waals surface area contributed by atoms with Gasteiger partial charge in [0.1, 0.15) is 0 Å². The first-order valence-electron chi connectivity index (χ1n) is 7.42. The number of aliphatic hydroxyl groups excluding tert-OH is 1. The predicted molar refractivity (Wildman–Crippen MR) is 72.2 cm³/mol. The quantitative estimate of drug-likeness (QED) is 0.821. The molecule has 1 amide bonds. The van der Waals surface area contributed by atoms with E-state index in [1.807, 2.05) is 4.90 Å². The van der Waals surface area contributed by atoms with Gasteiger partial charge in [0.05, 0.1) is 6.10 Å². The van der Waals surface area contributed by atoms with Gasteiger partial charge in [-0.2, -0.15) is 0 Å². The Morgan fingerprint density at radius 1 is 1.28 bits per heavy atom. The summed E-state index contributed by atoms with van der Waals surface area (Å²) in [5.41, 5.74) is 0.0429. The smallest absolute Gasteiger partial charge is 0.222 e. The molecule has 0 aromatic carbocycles. The first-order chi connectivity index (χ1) is 8.46. The van der Waals surface area contributed by atoms with Crippen molar-refractivity contribution in [3.05, 3.63) is 0 Å². The first kappa shape index (κ1) is 13.9. The highest BCUT2D eigenvalue weighted by atomic mass is 16.3. The van der Waals surface area contributed by atoms with Gasteiger partial charge in [0.2, 0.25) is 5.91 Å². The lowest BCUT2D eigenvalue weighted by molar-refractivity contribution is -0.133. The van der Waals surface area contributed by atoms with E-state index >= 15 is 0 Å². The van der Waals surface area contributed by atoms with Gasteiger partial charge in [-0.25, -0.2) is 0 Å². The molecule has 0 spiro atoms. The van der Waals surface area contributed by atoms with Crippen LogP contribution >= 0.6 is 0 Å². The summed E-state index contributed by atoms with van der Waals surface area (Å²) >= 11 is 0. The third kappa shape index (κ3) is 3.71. The fourth-order valence-electron chi connectivity index (χ4n) is 3.51. The SMILES string of the molecule is CC1(C)CC(O)CCN(C(=O)CC2CCCC2)C1. The molecule has 18 heavy (non-hydrogen) atoms. The van der Waals surface area contributed by atoms with E-state index in [1.165, 1.54) is 25.7 Å². The molecule has 1 aliphatic heterocycles. The lowest BCUT2D eigenvalue weighted by Crippen LogP contribution is -2.38. The number of aliphatic hydroxyl groups is 1. The Bertz CT molecular complexity index is 295. The van der Waals surface area contributed by atoms with Crippen molar-refractivity contribution in [2.24, 2.45) is 11.3 Å². The van der Waals surface area contributed by atoms with Crippen LogP contribution in [0.4, 0.5) is 0 Å². The number of carbonyl (C=O) groups is 1. The summed E-state index contributed by atoms with van der Waals surface area (Å²) in [6.45, 7) is 5.83. The number of nitrogens with zero attached hydrogens (tertiary/aromatic N) is 1. The summed E-state index contributed by atoms with van der Waals surface area (Å²) in [5.74, 6) is 0.929. The molecule has 1 saturated heterocycles. The molecule has 1 unspecified atom stereocenters. The maximum Gasteiger partial charge on any atom is 0.222 e. The van der Waals surface area contributed by atoms with Crippen LogP contribution in [0.5, 0.6) is 0 Å². The van der Waals surface area contributed by atoms with Crippen molar-refractivity contribution in [3.8, 4) is 0 Å². The van der Waals surface area contributed by atoms with E-state index < -0.39 is 0 Å². The van der Waals surface area contributed by atoms with E-state index in [-0.39, 0.29) is 11.5 Å². The average Bonchev–Trinajstić information content (AvgIpc) is 2.70. The third-order valence-electron chi connectivity index (χ3n) is 4.43. The molecule has 104 valence electrons. The monoisotopic (exact) mass is 253 g/mol. The predicted octanol–water partition coefficient (Wildman–Crippen LogP) is 2.58. The molecule has 1 heterocycles. The Balaban J connectivity index is 1.91. The van der Waals surface area contributed by atoms with Gasteiger partial charge in [0, 0.05) is 19.5 Å². The molecule has 1 aliphatic carbocycles. The van der Waals surface area contributed by atoms with Gasteiger partial charge in [-0.05, 0) is 37.0 Å². The van der Waals surface area contributed by atoms with Crippen LogP contribution in [-0.2, 0) is 4.79 Å². The molecule has 0 aromatic rings. The van der Waals surface area contributed by atoms with Crippen molar-refractivity contribution in [2.45, 2.75) is 64.9 Å². The van der Waals surface area contributed by atoms with Crippen LogP contribution in [0.15, 0.2) is 0 Å². The molecule has 1 atom stereocenters. The average molecular weight is 253 g/mol. The Labute approximate surface area is 111 Å². The van der Waals surface area contributed by atoms with E-state index in [0.717, 1.165) is 32.4 Å². The minimum Gasteiger partial charge on any atom is -0.393 e. The van der Waals surface area contributed by atoms with Crippen LogP contribution < -0.4 is 0 Å². The number of rotatable bonds is 2. The zero-order valence-electron chi connectivity index (χ0n) is 11.8. The van der Waals surface area contributed by atoms with E-state index in [1.54, 1.807) is 0 Å². The van der Waals surface area contributed by atoms with Crippen LogP contribution in [0.1, 0.15) is 58.8 Å². The van der Waals surface area contributed by atoms with Gasteiger partial charge in [0.25, 0.3) is 0 Å². The number of likely N-dealkylation sites (tertiary alicyclic amines) is 1. The van der Waals surface area contributed by atoms with Gasteiger partial charge in [-0.15, -0.1) is 0 Å². The Kier molecular flexibility index (Phi) is 4.31. The lowest BCUT2D eigenvalue weighted by atomic mass is 9.87. The van der Waals surface area contributed by atoms with Crippen LogP contribution in [0.25, 0.3) is 0 Å². The minimum atomic E-state index is -0.246. The second-order valence-electron chi connectivity index (χ2n) is 6.98. The molecule has 1 N–H and O–H groups in total. The Hall–Kier alpha value is -0.570. The van der Waals surface area contributed by atoms with Gasteiger partial charge in [-0.1, -0.05) is 26.7 Å². The van der Waals surface area contributed by atoms with Crippen LogP contribution in [0.2, 0.25) is 0 Å². The molecule has 0 aromatic heterocycles. The maximum absolute atomic E-state index is 12.3. The summed E-state index contributed by atoms with van der Waals surface area (Å²) in [6.07, 6.45) is 7.07. The largest absolute Gasteiger partial charge is 0.393 e. The molecular weight excluding hydrogens is 226 g/mol. The highest BCUT2D eigenvalue weighted by Crippen LogP contribution is 2.31. The zero-order valence-corrected chi connectivity index (χ0v) is 11.8. The maximum atomic E-state index is 12.3. The molecule has 2 rings (SSSR count). The number of carbonyl (C=O) groups excluding carboxylic acids is 1. The topological polar surface area (TPSA) is 40.5 Å². The van der Waals surface area contributed by atoms with Crippen molar-refractivity contribution in [3.63, 3.8) is 0 Å². The Morgan fingerprint density at radius 2 is 1.94 bits per heavy atom. The molecule has 3 heteroatoms. The fraction of sp³-hybridized carbons (Fsp3) is 0.933. The highest BCUT2D eigenvalue weighted by molar-refractivity contribution is 5.76. The lowest BCUT2D eigenvalue weighted by Gasteiger charge is -2.30. The first-order valence-corrected chi connectivity index (χ1v) is 7.42. The summed E-state index contributed by atoms with van der Waals surface area (Å²) in [5, 5.41) is 9.87. The molecule has 2 aliphatic rings. The van der Waals surface area contributed by atoms with Gasteiger partial charge >= 0.3 is 0 Å². The highest BCUT2D eigenvalue weighted by Gasteiger charge is 2.32. The van der Waals surface area contributed by atoms with Gasteiger partial charge in [-0.3, -0.25) is 4.79 Å². The van der Waals surface area contributed by atoms with Crippen molar-refractivity contribution in [2.75, 3.05) is 13.1 Å². The van der Waals surface area contributed by atoms with E-state index in [0.29, 0.717) is 11.8 Å². The normalized spacial score (nSPS) is 29.3. The van der Waals surface area contributed by atoms with Crippen LogP contribution in [0, 0.1) is 11.3 Å². The summed E-state index contributed by atoms with van der Waals surface area (Å²) in [7, 11) is 0. The number of amides is 1. The third-order valence-corrected chi connectivity index (χ3v) is 4.43. The van der Waals surface area contributed by atoms with Crippen molar-refractivity contribution < 1.29 is 9.90 Å². The van der Waals surface area contributed by atoms with Crippen LogP contribution in [0.3, 0.4) is 0 Å². The van der Waals surface area contributed by atoms with Crippen molar-refractivity contribution in [1.29, 1.82) is 0 Å². The zero-order chi connectivity index (χ0) is 13.2.